The monoisotopic (exact) mass is 313 g/mol. The van der Waals surface area contributed by atoms with Gasteiger partial charge in [0.2, 0.25) is 5.91 Å². The van der Waals surface area contributed by atoms with Crippen LogP contribution < -0.4 is 0 Å². The van der Waals surface area contributed by atoms with Gasteiger partial charge in [-0.25, -0.2) is 9.37 Å². The maximum atomic E-state index is 13.3. The Bertz CT molecular complexity index is 700. The number of amides is 1. The molecule has 4 rings (SSSR count). The summed E-state index contributed by atoms with van der Waals surface area (Å²) >= 11 is 0. The molecular weight excluding hydrogens is 293 g/mol. The number of likely N-dealkylation sites (tertiary alicyclic amines) is 1. The highest BCUT2D eigenvalue weighted by Crippen LogP contribution is 2.48. The van der Waals surface area contributed by atoms with Crippen LogP contribution in [0.3, 0.4) is 0 Å². The zero-order valence-corrected chi connectivity index (χ0v) is 12.9. The van der Waals surface area contributed by atoms with Crippen LogP contribution in [0.4, 0.5) is 4.39 Å². The van der Waals surface area contributed by atoms with E-state index in [2.05, 4.69) is 9.55 Å². The van der Waals surface area contributed by atoms with Crippen molar-refractivity contribution >= 4 is 5.91 Å². The summed E-state index contributed by atoms with van der Waals surface area (Å²) in [5.41, 5.74) is 0.950. The minimum absolute atomic E-state index is 0.0262. The molecular formula is C18H20FN3O. The normalized spacial score (nSPS) is 27.0. The molecule has 1 saturated heterocycles. The van der Waals surface area contributed by atoms with Crippen LogP contribution in [0.5, 0.6) is 0 Å². The second kappa shape index (κ2) is 5.80. The van der Waals surface area contributed by atoms with Gasteiger partial charge in [-0.05, 0) is 42.9 Å². The van der Waals surface area contributed by atoms with Gasteiger partial charge in [-0.2, -0.15) is 0 Å². The van der Waals surface area contributed by atoms with Crippen LogP contribution in [0.15, 0.2) is 43.0 Å². The second-order valence-corrected chi connectivity index (χ2v) is 6.59. The van der Waals surface area contributed by atoms with Crippen LogP contribution in [0.25, 0.3) is 0 Å². The molecule has 2 heterocycles. The molecule has 0 bridgehead atoms. The van der Waals surface area contributed by atoms with E-state index in [1.54, 1.807) is 18.3 Å². The minimum atomic E-state index is -0.223. The molecule has 2 fully saturated rings. The predicted molar refractivity (Wildman–Crippen MR) is 84.3 cm³/mol. The number of hydrogen-bond acceptors (Lipinski definition) is 2. The molecule has 0 radical (unpaired) electrons. The Morgan fingerprint density at radius 2 is 2.26 bits per heavy atom. The summed E-state index contributed by atoms with van der Waals surface area (Å²) in [4.78, 5) is 18.8. The summed E-state index contributed by atoms with van der Waals surface area (Å²) in [6.45, 7) is 1.58. The molecule has 1 aliphatic carbocycles. The smallest absolute Gasteiger partial charge is 0.226 e. The van der Waals surface area contributed by atoms with E-state index in [4.69, 9.17) is 0 Å². The lowest BCUT2D eigenvalue weighted by Crippen LogP contribution is -2.41. The van der Waals surface area contributed by atoms with E-state index in [1.807, 2.05) is 23.5 Å². The Hall–Kier alpha value is -2.17. The molecule has 1 aromatic heterocycles. The summed E-state index contributed by atoms with van der Waals surface area (Å²) in [5.74, 6) is 0.216. The lowest BCUT2D eigenvalue weighted by atomic mass is 10.0. The highest BCUT2D eigenvalue weighted by Gasteiger charge is 2.46. The van der Waals surface area contributed by atoms with Crippen LogP contribution in [-0.2, 0) is 4.79 Å². The second-order valence-electron chi connectivity index (χ2n) is 6.59. The first-order valence-electron chi connectivity index (χ1n) is 8.24. The van der Waals surface area contributed by atoms with E-state index < -0.39 is 0 Å². The fourth-order valence-corrected chi connectivity index (χ4v) is 3.69. The number of carbonyl (C=O) groups is 1. The quantitative estimate of drug-likeness (QED) is 0.874. The van der Waals surface area contributed by atoms with Crippen molar-refractivity contribution in [2.75, 3.05) is 13.1 Å². The van der Waals surface area contributed by atoms with E-state index in [1.165, 1.54) is 6.07 Å². The van der Waals surface area contributed by atoms with E-state index >= 15 is 0 Å². The third-order valence-corrected chi connectivity index (χ3v) is 5.04. The number of hydrogen-bond donors (Lipinski definition) is 0. The Balaban J connectivity index is 1.42. The Kier molecular flexibility index (Phi) is 3.63. The average Bonchev–Trinajstić information content (AvgIpc) is 3.19. The SMILES string of the molecule is O=C(C1CC1c1cccc(F)c1)N1CCCC(n2ccnc2)C1. The number of nitrogens with zero attached hydrogens (tertiary/aromatic N) is 3. The summed E-state index contributed by atoms with van der Waals surface area (Å²) in [6.07, 6.45) is 8.51. The predicted octanol–water partition coefficient (Wildman–Crippen LogP) is 2.99. The van der Waals surface area contributed by atoms with Gasteiger partial charge >= 0.3 is 0 Å². The highest BCUT2D eigenvalue weighted by molar-refractivity contribution is 5.83. The minimum Gasteiger partial charge on any atom is -0.340 e. The first-order valence-corrected chi connectivity index (χ1v) is 8.24. The molecule has 5 heteroatoms. The van der Waals surface area contributed by atoms with E-state index in [0.717, 1.165) is 37.9 Å². The van der Waals surface area contributed by atoms with Crippen LogP contribution >= 0.6 is 0 Å². The zero-order chi connectivity index (χ0) is 15.8. The summed E-state index contributed by atoms with van der Waals surface area (Å²) in [7, 11) is 0. The van der Waals surface area contributed by atoms with Crippen LogP contribution in [-0.4, -0.2) is 33.4 Å². The molecule has 3 atom stereocenters. The van der Waals surface area contributed by atoms with Crippen molar-refractivity contribution in [2.45, 2.75) is 31.2 Å². The van der Waals surface area contributed by atoms with Gasteiger partial charge in [0.05, 0.1) is 12.4 Å². The molecule has 0 spiro atoms. The third-order valence-electron chi connectivity index (χ3n) is 5.04. The Labute approximate surface area is 134 Å². The largest absolute Gasteiger partial charge is 0.340 e. The molecule has 2 aromatic rings. The first-order chi connectivity index (χ1) is 11.2. The topological polar surface area (TPSA) is 38.1 Å². The van der Waals surface area contributed by atoms with Crippen molar-refractivity contribution in [3.05, 3.63) is 54.4 Å². The molecule has 120 valence electrons. The van der Waals surface area contributed by atoms with E-state index in [9.17, 15) is 9.18 Å². The van der Waals surface area contributed by atoms with Crippen molar-refractivity contribution in [2.24, 2.45) is 5.92 Å². The number of aromatic nitrogens is 2. The van der Waals surface area contributed by atoms with Gasteiger partial charge in [0.25, 0.3) is 0 Å². The molecule has 23 heavy (non-hydrogen) atoms. The molecule has 1 saturated carbocycles. The maximum Gasteiger partial charge on any atom is 0.226 e. The highest BCUT2D eigenvalue weighted by atomic mass is 19.1. The van der Waals surface area contributed by atoms with Crippen LogP contribution in [0, 0.1) is 11.7 Å². The summed E-state index contributed by atoms with van der Waals surface area (Å²) in [5, 5.41) is 0. The average molecular weight is 313 g/mol. The number of rotatable bonds is 3. The van der Waals surface area contributed by atoms with Crippen molar-refractivity contribution < 1.29 is 9.18 Å². The van der Waals surface area contributed by atoms with Gasteiger partial charge in [0.1, 0.15) is 5.82 Å². The van der Waals surface area contributed by atoms with E-state index in [-0.39, 0.29) is 23.6 Å². The molecule has 4 nitrogen and oxygen atoms in total. The number of benzene rings is 1. The van der Waals surface area contributed by atoms with Crippen molar-refractivity contribution in [1.82, 2.24) is 14.5 Å². The fourth-order valence-electron chi connectivity index (χ4n) is 3.69. The molecule has 1 amide bonds. The van der Waals surface area contributed by atoms with Gasteiger partial charge < -0.3 is 9.47 Å². The summed E-state index contributed by atoms with van der Waals surface area (Å²) < 4.78 is 15.4. The molecule has 1 aromatic carbocycles. The molecule has 3 unspecified atom stereocenters. The lowest BCUT2D eigenvalue weighted by Gasteiger charge is -2.33. The van der Waals surface area contributed by atoms with Gasteiger partial charge in [-0.15, -0.1) is 0 Å². The van der Waals surface area contributed by atoms with E-state index in [0.29, 0.717) is 6.04 Å². The number of imidazole rings is 1. The number of halogens is 1. The maximum absolute atomic E-state index is 13.3. The zero-order valence-electron chi connectivity index (χ0n) is 12.9. The van der Waals surface area contributed by atoms with Crippen molar-refractivity contribution in [3.63, 3.8) is 0 Å². The Morgan fingerprint density at radius 3 is 3.04 bits per heavy atom. The standard InChI is InChI=1S/C18H20FN3O/c19-14-4-1-3-13(9-14)16-10-17(16)18(23)21-7-2-5-15(11-21)22-8-6-20-12-22/h1,3-4,6,8-9,12,15-17H,2,5,7,10-11H2. The van der Waals surface area contributed by atoms with Gasteiger partial charge in [-0.3, -0.25) is 4.79 Å². The lowest BCUT2D eigenvalue weighted by molar-refractivity contribution is -0.134. The van der Waals surface area contributed by atoms with Gasteiger partial charge in [0, 0.05) is 31.4 Å². The first kappa shape index (κ1) is 14.4. The molecule has 1 aliphatic heterocycles. The van der Waals surface area contributed by atoms with Gasteiger partial charge in [0.15, 0.2) is 0 Å². The van der Waals surface area contributed by atoms with Gasteiger partial charge in [-0.1, -0.05) is 12.1 Å². The number of carbonyl (C=O) groups excluding carboxylic acids is 1. The fraction of sp³-hybridized carbons (Fsp3) is 0.444. The van der Waals surface area contributed by atoms with Crippen molar-refractivity contribution in [3.8, 4) is 0 Å². The summed E-state index contributed by atoms with van der Waals surface area (Å²) in [6, 6.07) is 6.97. The molecule has 0 N–H and O–H groups in total. The van der Waals surface area contributed by atoms with Crippen LogP contribution in [0.1, 0.15) is 36.8 Å². The number of piperidine rings is 1. The molecule has 2 aliphatic rings. The Morgan fingerprint density at radius 1 is 1.35 bits per heavy atom. The third kappa shape index (κ3) is 2.87. The van der Waals surface area contributed by atoms with Crippen LogP contribution in [0.2, 0.25) is 0 Å². The van der Waals surface area contributed by atoms with Crippen molar-refractivity contribution in [1.29, 1.82) is 0 Å².